The molecule has 0 saturated heterocycles. The first-order valence-corrected chi connectivity index (χ1v) is 5.31. The number of methoxy groups -OCH3 is 1. The van der Waals surface area contributed by atoms with Crippen molar-refractivity contribution in [2.45, 2.75) is 33.1 Å². The fourth-order valence-corrected chi connectivity index (χ4v) is 1.56. The summed E-state index contributed by atoms with van der Waals surface area (Å²) in [6.45, 7) is 6.26. The number of benzene rings is 1. The highest BCUT2D eigenvalue weighted by atomic mass is 16.5. The molecular formula is C13H18O2. The van der Waals surface area contributed by atoms with E-state index < -0.39 is 0 Å². The van der Waals surface area contributed by atoms with Gasteiger partial charge in [0.15, 0.2) is 0 Å². The first-order chi connectivity index (χ1) is 7.10. The smallest absolute Gasteiger partial charge is 0.338 e. The van der Waals surface area contributed by atoms with Gasteiger partial charge in [-0.05, 0) is 29.5 Å². The molecule has 0 radical (unpaired) electrons. The molecule has 0 aromatic heterocycles. The molecule has 0 spiro atoms. The molecule has 1 aromatic carbocycles. The number of ether oxygens (including phenoxy) is 1. The van der Waals surface area contributed by atoms with Gasteiger partial charge in [-0.2, -0.15) is 0 Å². The maximum absolute atomic E-state index is 11.5. The van der Waals surface area contributed by atoms with E-state index in [1.54, 1.807) is 0 Å². The van der Waals surface area contributed by atoms with Gasteiger partial charge in [0.25, 0.3) is 0 Å². The molecule has 2 heteroatoms. The molecule has 82 valence electrons. The molecule has 0 saturated carbocycles. The highest BCUT2D eigenvalue weighted by Crippen LogP contribution is 2.20. The number of carbonyl (C=O) groups excluding carboxylic acids is 1. The first kappa shape index (κ1) is 11.8. The van der Waals surface area contributed by atoms with Crippen LogP contribution in [0.4, 0.5) is 0 Å². The van der Waals surface area contributed by atoms with Crippen molar-refractivity contribution in [2.75, 3.05) is 7.11 Å². The van der Waals surface area contributed by atoms with E-state index in [2.05, 4.69) is 19.9 Å². The largest absolute Gasteiger partial charge is 0.465 e. The lowest BCUT2D eigenvalue weighted by atomic mass is 9.96. The monoisotopic (exact) mass is 206 g/mol. The number of aryl methyl sites for hydroxylation is 1. The van der Waals surface area contributed by atoms with Gasteiger partial charge in [0.1, 0.15) is 0 Å². The Kier molecular flexibility index (Phi) is 3.89. The lowest BCUT2D eigenvalue weighted by Crippen LogP contribution is -2.06. The van der Waals surface area contributed by atoms with Crippen molar-refractivity contribution in [3.8, 4) is 0 Å². The summed E-state index contributed by atoms with van der Waals surface area (Å²) in [4.78, 5) is 11.5. The van der Waals surface area contributed by atoms with E-state index in [0.29, 0.717) is 11.5 Å². The summed E-state index contributed by atoms with van der Waals surface area (Å²) in [5.41, 5.74) is 2.92. The third kappa shape index (κ3) is 2.58. The van der Waals surface area contributed by atoms with Crippen LogP contribution in [0.5, 0.6) is 0 Å². The maximum Gasteiger partial charge on any atom is 0.338 e. The normalized spacial score (nSPS) is 10.5. The molecule has 0 amide bonds. The van der Waals surface area contributed by atoms with Crippen molar-refractivity contribution in [2.24, 2.45) is 0 Å². The topological polar surface area (TPSA) is 26.3 Å². The first-order valence-electron chi connectivity index (χ1n) is 5.31. The molecule has 15 heavy (non-hydrogen) atoms. The lowest BCUT2D eigenvalue weighted by molar-refractivity contribution is 0.0599. The second-order valence-electron chi connectivity index (χ2n) is 3.92. The quantitative estimate of drug-likeness (QED) is 0.710. The zero-order valence-corrected chi connectivity index (χ0v) is 9.83. The number of carbonyl (C=O) groups is 1. The molecule has 1 aromatic rings. The van der Waals surface area contributed by atoms with Gasteiger partial charge in [-0.15, -0.1) is 0 Å². The minimum absolute atomic E-state index is 0.241. The summed E-state index contributed by atoms with van der Waals surface area (Å²) >= 11 is 0. The molecule has 0 aliphatic carbocycles. The van der Waals surface area contributed by atoms with E-state index in [1.165, 1.54) is 12.7 Å². The average Bonchev–Trinajstić information content (AvgIpc) is 2.27. The van der Waals surface area contributed by atoms with Gasteiger partial charge in [0.05, 0.1) is 12.7 Å². The summed E-state index contributed by atoms with van der Waals surface area (Å²) in [7, 11) is 1.42. The van der Waals surface area contributed by atoms with Crippen LogP contribution in [0, 0.1) is 0 Å². The molecular weight excluding hydrogens is 188 g/mol. The average molecular weight is 206 g/mol. The van der Waals surface area contributed by atoms with Crippen molar-refractivity contribution in [3.05, 3.63) is 34.9 Å². The highest BCUT2D eigenvalue weighted by molar-refractivity contribution is 5.91. The van der Waals surface area contributed by atoms with Crippen LogP contribution in [0.2, 0.25) is 0 Å². The molecule has 0 unspecified atom stereocenters. The van der Waals surface area contributed by atoms with Crippen molar-refractivity contribution in [1.29, 1.82) is 0 Å². The molecule has 0 fully saturated rings. The highest BCUT2D eigenvalue weighted by Gasteiger charge is 2.12. The van der Waals surface area contributed by atoms with Crippen LogP contribution < -0.4 is 0 Å². The van der Waals surface area contributed by atoms with Crippen LogP contribution in [0.25, 0.3) is 0 Å². The standard InChI is InChI=1S/C13H18O2/c1-5-10-6-7-11(9(2)3)8-12(10)13(14)15-4/h6-9H,5H2,1-4H3. The van der Waals surface area contributed by atoms with Crippen LogP contribution >= 0.6 is 0 Å². The second-order valence-corrected chi connectivity index (χ2v) is 3.92. The molecule has 1 rings (SSSR count). The van der Waals surface area contributed by atoms with Crippen LogP contribution in [-0.4, -0.2) is 13.1 Å². The van der Waals surface area contributed by atoms with Gasteiger partial charge in [0, 0.05) is 0 Å². The fraction of sp³-hybridized carbons (Fsp3) is 0.462. The lowest BCUT2D eigenvalue weighted by Gasteiger charge is -2.10. The minimum atomic E-state index is -0.241. The fourth-order valence-electron chi connectivity index (χ4n) is 1.56. The molecule has 0 bridgehead atoms. The van der Waals surface area contributed by atoms with Crippen LogP contribution in [0.1, 0.15) is 48.2 Å². The zero-order chi connectivity index (χ0) is 11.4. The maximum atomic E-state index is 11.5. The van der Waals surface area contributed by atoms with Crippen molar-refractivity contribution >= 4 is 5.97 Å². The van der Waals surface area contributed by atoms with Crippen LogP contribution in [0.3, 0.4) is 0 Å². The Balaban J connectivity index is 3.19. The molecule has 0 N–H and O–H groups in total. The number of hydrogen-bond donors (Lipinski definition) is 0. The predicted molar refractivity (Wildman–Crippen MR) is 61.2 cm³/mol. The summed E-state index contributed by atoms with van der Waals surface area (Å²) in [6.07, 6.45) is 0.850. The Morgan fingerprint density at radius 2 is 2.07 bits per heavy atom. The molecule has 2 nitrogen and oxygen atoms in total. The summed E-state index contributed by atoms with van der Waals surface area (Å²) in [5.74, 6) is 0.189. The van der Waals surface area contributed by atoms with Crippen molar-refractivity contribution in [3.63, 3.8) is 0 Å². The van der Waals surface area contributed by atoms with Gasteiger partial charge in [-0.1, -0.05) is 32.9 Å². The SMILES string of the molecule is CCc1ccc(C(C)C)cc1C(=O)OC. The number of hydrogen-bond acceptors (Lipinski definition) is 2. The van der Waals surface area contributed by atoms with E-state index in [1.807, 2.05) is 19.1 Å². The van der Waals surface area contributed by atoms with E-state index in [4.69, 9.17) is 4.74 Å². The van der Waals surface area contributed by atoms with E-state index in [-0.39, 0.29) is 5.97 Å². The summed E-state index contributed by atoms with van der Waals surface area (Å²) < 4.78 is 4.77. The number of rotatable bonds is 3. The van der Waals surface area contributed by atoms with Crippen molar-refractivity contribution < 1.29 is 9.53 Å². The molecule has 0 heterocycles. The Labute approximate surface area is 91.3 Å². The van der Waals surface area contributed by atoms with Crippen molar-refractivity contribution in [1.82, 2.24) is 0 Å². The third-order valence-corrected chi connectivity index (χ3v) is 2.59. The van der Waals surface area contributed by atoms with E-state index in [9.17, 15) is 4.79 Å². The van der Waals surface area contributed by atoms with Gasteiger partial charge in [0.2, 0.25) is 0 Å². The Morgan fingerprint density at radius 1 is 1.40 bits per heavy atom. The Hall–Kier alpha value is -1.31. The predicted octanol–water partition coefficient (Wildman–Crippen LogP) is 3.16. The zero-order valence-electron chi connectivity index (χ0n) is 9.83. The minimum Gasteiger partial charge on any atom is -0.465 e. The number of esters is 1. The molecule has 0 aliphatic heterocycles. The van der Waals surface area contributed by atoms with Crippen LogP contribution in [-0.2, 0) is 11.2 Å². The van der Waals surface area contributed by atoms with Gasteiger partial charge in [-0.25, -0.2) is 4.79 Å². The van der Waals surface area contributed by atoms with Gasteiger partial charge < -0.3 is 4.74 Å². The summed E-state index contributed by atoms with van der Waals surface area (Å²) in [6, 6.07) is 6.03. The Morgan fingerprint density at radius 3 is 2.53 bits per heavy atom. The third-order valence-electron chi connectivity index (χ3n) is 2.59. The summed E-state index contributed by atoms with van der Waals surface area (Å²) in [5, 5.41) is 0. The van der Waals surface area contributed by atoms with Crippen LogP contribution in [0.15, 0.2) is 18.2 Å². The molecule has 0 aliphatic rings. The second kappa shape index (κ2) is 4.96. The molecule has 0 atom stereocenters. The van der Waals surface area contributed by atoms with Gasteiger partial charge in [-0.3, -0.25) is 0 Å². The van der Waals surface area contributed by atoms with Gasteiger partial charge >= 0.3 is 5.97 Å². The van der Waals surface area contributed by atoms with E-state index in [0.717, 1.165) is 12.0 Å². The van der Waals surface area contributed by atoms with E-state index >= 15 is 0 Å². The Bertz CT molecular complexity index is 354.